The second-order valence-electron chi connectivity index (χ2n) is 8.89. The Bertz CT molecular complexity index is 1520. The monoisotopic (exact) mass is 496 g/mol. The van der Waals surface area contributed by atoms with Crippen molar-refractivity contribution in [3.8, 4) is 16.9 Å². The molecular weight excluding hydrogens is 472 g/mol. The van der Waals surface area contributed by atoms with E-state index in [9.17, 15) is 4.79 Å². The van der Waals surface area contributed by atoms with Gasteiger partial charge in [-0.25, -0.2) is 4.52 Å². The van der Waals surface area contributed by atoms with Crippen LogP contribution in [0.2, 0.25) is 5.02 Å². The number of benzene rings is 3. The molecule has 6 nitrogen and oxygen atoms in total. The largest absolute Gasteiger partial charge is 0.486 e. The zero-order chi connectivity index (χ0) is 24.5. The number of aromatic nitrogens is 3. The number of carbonyl (C=O) groups excluding carboxylic acids is 1. The van der Waals surface area contributed by atoms with Crippen molar-refractivity contribution in [2.75, 3.05) is 5.32 Å². The summed E-state index contributed by atoms with van der Waals surface area (Å²) in [4.78, 5) is 13.8. The summed E-state index contributed by atoms with van der Waals surface area (Å²) in [5.41, 5.74) is 5.21. The number of halogens is 1. The average molecular weight is 497 g/mol. The van der Waals surface area contributed by atoms with Gasteiger partial charge in [0.15, 0.2) is 5.82 Å². The summed E-state index contributed by atoms with van der Waals surface area (Å²) in [7, 11) is 0. The van der Waals surface area contributed by atoms with Crippen molar-refractivity contribution in [1.82, 2.24) is 14.2 Å². The number of rotatable bonds is 6. The fourth-order valence-electron chi connectivity index (χ4n) is 4.92. The van der Waals surface area contributed by atoms with Crippen LogP contribution in [0, 0.1) is 0 Å². The van der Waals surface area contributed by atoms with Crippen molar-refractivity contribution in [2.24, 2.45) is 0 Å². The number of ether oxygens (including phenoxy) is 1. The number of para-hydroxylation sites is 2. The van der Waals surface area contributed by atoms with Gasteiger partial charge < -0.3 is 14.6 Å². The highest BCUT2D eigenvalue weighted by Gasteiger charge is 2.30. The minimum atomic E-state index is -0.201. The predicted octanol–water partition coefficient (Wildman–Crippen LogP) is 6.62. The van der Waals surface area contributed by atoms with Gasteiger partial charge in [-0.1, -0.05) is 60.1 Å². The summed E-state index contributed by atoms with van der Waals surface area (Å²) in [6.45, 7) is 1.15. The summed E-state index contributed by atoms with van der Waals surface area (Å²) < 4.78 is 10.1. The maximum Gasteiger partial charge on any atom is 0.275 e. The molecule has 0 radical (unpaired) electrons. The lowest BCUT2D eigenvalue weighted by atomic mass is 9.98. The van der Waals surface area contributed by atoms with Crippen LogP contribution in [0.15, 0.2) is 84.9 Å². The third-order valence-electron chi connectivity index (χ3n) is 6.55. The molecule has 2 aromatic heterocycles. The van der Waals surface area contributed by atoms with Crippen molar-refractivity contribution in [1.29, 1.82) is 0 Å². The molecule has 180 valence electrons. The quantitative estimate of drug-likeness (QED) is 0.287. The number of hydrogen-bond donors (Lipinski definition) is 1. The maximum atomic E-state index is 13.8. The predicted molar refractivity (Wildman–Crippen MR) is 142 cm³/mol. The number of nitrogens with zero attached hydrogens (tertiary/aromatic N) is 3. The van der Waals surface area contributed by atoms with E-state index in [0.29, 0.717) is 17.3 Å². The zero-order valence-electron chi connectivity index (χ0n) is 19.7. The van der Waals surface area contributed by atoms with Gasteiger partial charge in [0, 0.05) is 28.4 Å². The van der Waals surface area contributed by atoms with E-state index in [4.69, 9.17) is 21.4 Å². The highest BCUT2D eigenvalue weighted by atomic mass is 35.5. The van der Waals surface area contributed by atoms with Gasteiger partial charge in [-0.2, -0.15) is 0 Å². The minimum Gasteiger partial charge on any atom is -0.486 e. The molecule has 0 fully saturated rings. The van der Waals surface area contributed by atoms with Crippen molar-refractivity contribution >= 4 is 28.8 Å². The molecule has 1 N–H and O–H groups in total. The van der Waals surface area contributed by atoms with E-state index in [0.717, 1.165) is 65.4 Å². The second-order valence-corrected chi connectivity index (χ2v) is 9.33. The first-order valence-electron chi connectivity index (χ1n) is 12.1. The van der Waals surface area contributed by atoms with Crippen LogP contribution >= 0.6 is 11.6 Å². The van der Waals surface area contributed by atoms with Gasteiger partial charge in [-0.05, 0) is 61.2 Å². The van der Waals surface area contributed by atoms with Crippen LogP contribution in [0.3, 0.4) is 0 Å². The van der Waals surface area contributed by atoms with Crippen LogP contribution < -0.4 is 10.1 Å². The standard InChI is InChI=1S/C29H25ClN4O2/c30-21-16-14-20(15-17-21)26-24-13-7-8-18-33-25(19-36-23-11-5-2-6-12-23)32-34(29(24)33)27(26)28(35)31-22-9-3-1-4-10-22/h1-6,9-12,14-17H,7-8,13,18-19H2,(H,31,35). The third kappa shape index (κ3) is 4.14. The molecule has 0 unspecified atom stereocenters. The van der Waals surface area contributed by atoms with Gasteiger partial charge in [0.2, 0.25) is 0 Å². The van der Waals surface area contributed by atoms with E-state index >= 15 is 0 Å². The smallest absolute Gasteiger partial charge is 0.275 e. The molecule has 5 aromatic rings. The number of nitrogens with one attached hydrogen (secondary N) is 1. The Kier molecular flexibility index (Phi) is 5.95. The Labute approximate surface area is 214 Å². The van der Waals surface area contributed by atoms with Crippen molar-refractivity contribution in [3.05, 3.63) is 107 Å². The highest BCUT2D eigenvalue weighted by molar-refractivity contribution is 6.30. The van der Waals surface area contributed by atoms with Gasteiger partial charge in [0.25, 0.3) is 5.91 Å². The lowest BCUT2D eigenvalue weighted by molar-refractivity contribution is 0.102. The Morgan fingerprint density at radius 3 is 2.42 bits per heavy atom. The fraction of sp³-hybridized carbons (Fsp3) is 0.172. The highest BCUT2D eigenvalue weighted by Crippen LogP contribution is 2.37. The molecule has 36 heavy (non-hydrogen) atoms. The topological polar surface area (TPSA) is 60.6 Å². The first-order valence-corrected chi connectivity index (χ1v) is 12.5. The molecular formula is C29H25ClN4O2. The molecule has 1 amide bonds. The lowest BCUT2D eigenvalue weighted by Crippen LogP contribution is -2.16. The van der Waals surface area contributed by atoms with E-state index in [2.05, 4.69) is 9.88 Å². The van der Waals surface area contributed by atoms with Crippen molar-refractivity contribution in [2.45, 2.75) is 32.4 Å². The normalized spacial score (nSPS) is 12.9. The van der Waals surface area contributed by atoms with E-state index in [1.54, 1.807) is 0 Å². The van der Waals surface area contributed by atoms with E-state index in [1.165, 1.54) is 0 Å². The third-order valence-corrected chi connectivity index (χ3v) is 6.80. The Hall–Kier alpha value is -4.03. The van der Waals surface area contributed by atoms with Crippen LogP contribution in [-0.2, 0) is 19.6 Å². The zero-order valence-corrected chi connectivity index (χ0v) is 20.4. The molecule has 0 aliphatic carbocycles. The Balaban J connectivity index is 1.51. The SMILES string of the molecule is O=C(Nc1ccccc1)c1c(-c2ccc(Cl)cc2)c2c3n(c(COc4ccccc4)nn13)CCCC2. The van der Waals surface area contributed by atoms with Gasteiger partial charge in [-0.15, -0.1) is 5.10 Å². The van der Waals surface area contributed by atoms with Gasteiger partial charge in [0.05, 0.1) is 0 Å². The molecule has 3 heterocycles. The second kappa shape index (κ2) is 9.55. The van der Waals surface area contributed by atoms with Crippen LogP contribution in [0.4, 0.5) is 5.69 Å². The molecule has 1 aliphatic rings. The van der Waals surface area contributed by atoms with E-state index < -0.39 is 0 Å². The van der Waals surface area contributed by atoms with Gasteiger partial charge >= 0.3 is 0 Å². The van der Waals surface area contributed by atoms with Crippen LogP contribution in [0.5, 0.6) is 5.75 Å². The number of hydrogen-bond acceptors (Lipinski definition) is 3. The van der Waals surface area contributed by atoms with Crippen molar-refractivity contribution in [3.63, 3.8) is 0 Å². The minimum absolute atomic E-state index is 0.201. The fourth-order valence-corrected chi connectivity index (χ4v) is 5.05. The first-order chi connectivity index (χ1) is 17.7. The summed E-state index contributed by atoms with van der Waals surface area (Å²) in [6, 6.07) is 26.9. The maximum absolute atomic E-state index is 13.8. The van der Waals surface area contributed by atoms with Gasteiger partial charge in [-0.3, -0.25) is 4.79 Å². The Morgan fingerprint density at radius 2 is 1.67 bits per heavy atom. The molecule has 7 heteroatoms. The molecule has 0 spiro atoms. The Morgan fingerprint density at radius 1 is 0.944 bits per heavy atom. The molecule has 3 aromatic carbocycles. The number of amides is 1. The van der Waals surface area contributed by atoms with E-state index in [1.807, 2.05) is 89.4 Å². The molecule has 6 rings (SSSR count). The van der Waals surface area contributed by atoms with Crippen LogP contribution in [0.1, 0.15) is 34.7 Å². The van der Waals surface area contributed by atoms with Crippen LogP contribution in [-0.4, -0.2) is 20.1 Å². The number of carbonyl (C=O) groups is 1. The van der Waals surface area contributed by atoms with Crippen molar-refractivity contribution < 1.29 is 9.53 Å². The summed E-state index contributed by atoms with van der Waals surface area (Å²) >= 11 is 6.19. The summed E-state index contributed by atoms with van der Waals surface area (Å²) in [5, 5.41) is 8.66. The number of anilines is 1. The average Bonchev–Trinajstić information content (AvgIpc) is 3.31. The first kappa shape index (κ1) is 22.4. The lowest BCUT2D eigenvalue weighted by Gasteiger charge is -2.10. The summed E-state index contributed by atoms with van der Waals surface area (Å²) in [5.74, 6) is 1.39. The van der Waals surface area contributed by atoms with Gasteiger partial charge in [0.1, 0.15) is 23.7 Å². The molecule has 0 saturated carbocycles. The number of aryl methyl sites for hydroxylation is 2. The molecule has 0 bridgehead atoms. The molecule has 1 aliphatic heterocycles. The van der Waals surface area contributed by atoms with E-state index in [-0.39, 0.29) is 5.91 Å². The summed E-state index contributed by atoms with van der Waals surface area (Å²) in [6.07, 6.45) is 2.93. The molecule has 0 saturated heterocycles. The van der Waals surface area contributed by atoms with Crippen LogP contribution in [0.25, 0.3) is 16.8 Å². The molecule has 0 atom stereocenters.